The molecule has 2 aromatic carbocycles. The van der Waals surface area contributed by atoms with Crippen LogP contribution in [0.25, 0.3) is 11.0 Å². The van der Waals surface area contributed by atoms with Crippen molar-refractivity contribution in [2.45, 2.75) is 41.6 Å². The number of carbonyl (C=O) groups excluding carboxylic acids is 1. The van der Waals surface area contributed by atoms with E-state index in [0.29, 0.717) is 11.8 Å². The second kappa shape index (κ2) is 7.76. The number of aromatic amines is 1. The van der Waals surface area contributed by atoms with E-state index in [1.165, 1.54) is 16.0 Å². The molecule has 2 N–H and O–H groups in total. The number of nitrogens with zero attached hydrogens (tertiary/aromatic N) is 1. The molecule has 3 aromatic rings. The van der Waals surface area contributed by atoms with Crippen molar-refractivity contribution < 1.29 is 4.79 Å². The number of hydrogen-bond donors (Lipinski definition) is 2. The first-order valence-electron chi connectivity index (χ1n) is 8.77. The highest BCUT2D eigenvalue weighted by molar-refractivity contribution is 8.00. The maximum absolute atomic E-state index is 11.9. The van der Waals surface area contributed by atoms with Gasteiger partial charge in [0.25, 0.3) is 0 Å². The Kier molecular flexibility index (Phi) is 5.22. The second-order valence-electron chi connectivity index (χ2n) is 6.52. The Morgan fingerprint density at radius 1 is 1.19 bits per heavy atom. The molecule has 1 aliphatic carbocycles. The molecule has 0 spiro atoms. The molecule has 0 unspecified atom stereocenters. The third-order valence-electron chi connectivity index (χ3n) is 4.43. The highest BCUT2D eigenvalue weighted by atomic mass is 32.2. The van der Waals surface area contributed by atoms with Crippen LogP contribution in [-0.2, 0) is 10.5 Å². The fraction of sp³-hybridized carbons (Fsp3) is 0.300. The third kappa shape index (κ3) is 4.24. The zero-order valence-corrected chi connectivity index (χ0v) is 16.3. The molecule has 4 nitrogen and oxygen atoms in total. The standard InChI is InChI=1S/C20H21N3OS2/c1-13-14(11-26-20-22-16-6-2-3-7-17(16)23-20)5-4-8-18(13)25-12-19(24)21-15-9-10-15/h2-8,15H,9-12H2,1H3,(H,21,24)(H,22,23). The van der Waals surface area contributed by atoms with Crippen LogP contribution < -0.4 is 5.32 Å². The number of para-hydroxylation sites is 2. The third-order valence-corrected chi connectivity index (χ3v) is 6.51. The lowest BCUT2D eigenvalue weighted by Crippen LogP contribution is -2.27. The molecule has 26 heavy (non-hydrogen) atoms. The summed E-state index contributed by atoms with van der Waals surface area (Å²) in [7, 11) is 0. The molecular formula is C20H21N3OS2. The number of benzene rings is 2. The minimum atomic E-state index is 0.138. The Balaban J connectivity index is 1.39. The number of H-pyrrole nitrogens is 1. The van der Waals surface area contributed by atoms with Gasteiger partial charge in [-0.2, -0.15) is 0 Å². The minimum absolute atomic E-state index is 0.138. The van der Waals surface area contributed by atoms with Gasteiger partial charge in [0.2, 0.25) is 5.91 Å². The molecule has 1 saturated carbocycles. The lowest BCUT2D eigenvalue weighted by atomic mass is 10.1. The molecule has 1 fully saturated rings. The average Bonchev–Trinajstić information content (AvgIpc) is 3.35. The largest absolute Gasteiger partial charge is 0.353 e. The van der Waals surface area contributed by atoms with Crippen molar-refractivity contribution >= 4 is 40.5 Å². The predicted molar refractivity (Wildman–Crippen MR) is 109 cm³/mol. The minimum Gasteiger partial charge on any atom is -0.353 e. The summed E-state index contributed by atoms with van der Waals surface area (Å²) in [5, 5.41) is 3.98. The summed E-state index contributed by atoms with van der Waals surface area (Å²) in [6.45, 7) is 2.13. The Morgan fingerprint density at radius 3 is 2.85 bits per heavy atom. The Morgan fingerprint density at radius 2 is 2.04 bits per heavy atom. The van der Waals surface area contributed by atoms with Crippen molar-refractivity contribution in [1.29, 1.82) is 0 Å². The van der Waals surface area contributed by atoms with Crippen LogP contribution in [0, 0.1) is 6.92 Å². The highest BCUT2D eigenvalue weighted by Crippen LogP contribution is 2.29. The molecule has 134 valence electrons. The van der Waals surface area contributed by atoms with Crippen molar-refractivity contribution in [2.24, 2.45) is 0 Å². The van der Waals surface area contributed by atoms with E-state index in [1.807, 2.05) is 24.3 Å². The van der Waals surface area contributed by atoms with Crippen molar-refractivity contribution in [3.8, 4) is 0 Å². The zero-order chi connectivity index (χ0) is 17.9. The van der Waals surface area contributed by atoms with Gasteiger partial charge in [-0.3, -0.25) is 4.79 Å². The van der Waals surface area contributed by atoms with Crippen LogP contribution in [0.15, 0.2) is 52.5 Å². The SMILES string of the molecule is Cc1c(CSc2nc3ccccc3[nH]2)cccc1SCC(=O)NC1CC1. The summed E-state index contributed by atoms with van der Waals surface area (Å²) in [4.78, 5) is 21.1. The topological polar surface area (TPSA) is 57.8 Å². The van der Waals surface area contributed by atoms with Gasteiger partial charge in [0.1, 0.15) is 0 Å². The number of fused-ring (bicyclic) bond motifs is 1. The van der Waals surface area contributed by atoms with Gasteiger partial charge in [0.05, 0.1) is 16.8 Å². The lowest BCUT2D eigenvalue weighted by Gasteiger charge is -2.10. The summed E-state index contributed by atoms with van der Waals surface area (Å²) < 4.78 is 0. The summed E-state index contributed by atoms with van der Waals surface area (Å²) in [6, 6.07) is 14.8. The first-order chi connectivity index (χ1) is 12.7. The van der Waals surface area contributed by atoms with E-state index < -0.39 is 0 Å². The number of thioether (sulfide) groups is 2. The maximum atomic E-state index is 11.9. The summed E-state index contributed by atoms with van der Waals surface area (Å²) in [6.07, 6.45) is 2.26. The van der Waals surface area contributed by atoms with Crippen molar-refractivity contribution in [2.75, 3.05) is 5.75 Å². The quantitative estimate of drug-likeness (QED) is 0.588. The summed E-state index contributed by atoms with van der Waals surface area (Å²) in [5.41, 5.74) is 4.60. The van der Waals surface area contributed by atoms with Crippen LogP contribution in [0.4, 0.5) is 0 Å². The molecule has 0 saturated heterocycles. The van der Waals surface area contributed by atoms with Crippen LogP contribution in [0.3, 0.4) is 0 Å². The van der Waals surface area contributed by atoms with Crippen LogP contribution in [-0.4, -0.2) is 27.7 Å². The average molecular weight is 384 g/mol. The van der Waals surface area contributed by atoms with Gasteiger partial charge in [0, 0.05) is 16.7 Å². The van der Waals surface area contributed by atoms with Gasteiger partial charge in [-0.05, 0) is 49.1 Å². The van der Waals surface area contributed by atoms with Gasteiger partial charge in [-0.1, -0.05) is 36.0 Å². The van der Waals surface area contributed by atoms with E-state index in [4.69, 9.17) is 0 Å². The first kappa shape index (κ1) is 17.5. The van der Waals surface area contributed by atoms with E-state index in [0.717, 1.165) is 34.8 Å². The molecular weight excluding hydrogens is 362 g/mol. The number of imidazole rings is 1. The number of nitrogens with one attached hydrogen (secondary N) is 2. The molecule has 0 atom stereocenters. The number of rotatable bonds is 7. The van der Waals surface area contributed by atoms with Crippen molar-refractivity contribution in [1.82, 2.24) is 15.3 Å². The first-order valence-corrected chi connectivity index (χ1v) is 10.7. The fourth-order valence-corrected chi connectivity index (χ4v) is 4.60. The molecule has 4 rings (SSSR count). The number of hydrogen-bond acceptors (Lipinski definition) is 4. The van der Waals surface area contributed by atoms with Crippen LogP contribution in [0.1, 0.15) is 24.0 Å². The van der Waals surface area contributed by atoms with E-state index in [2.05, 4.69) is 40.4 Å². The number of aromatic nitrogens is 2. The number of amides is 1. The molecule has 1 heterocycles. The molecule has 6 heteroatoms. The summed E-state index contributed by atoms with van der Waals surface area (Å²) >= 11 is 3.33. The molecule has 1 aromatic heterocycles. The van der Waals surface area contributed by atoms with E-state index >= 15 is 0 Å². The molecule has 0 aliphatic heterocycles. The van der Waals surface area contributed by atoms with Crippen molar-refractivity contribution in [3.63, 3.8) is 0 Å². The molecule has 1 amide bonds. The van der Waals surface area contributed by atoms with Crippen LogP contribution in [0.2, 0.25) is 0 Å². The zero-order valence-electron chi connectivity index (χ0n) is 14.6. The van der Waals surface area contributed by atoms with E-state index in [9.17, 15) is 4.79 Å². The van der Waals surface area contributed by atoms with Gasteiger partial charge in [0.15, 0.2) is 5.16 Å². The molecule has 1 aliphatic rings. The fourth-order valence-electron chi connectivity index (χ4n) is 2.76. The predicted octanol–water partition coefficient (Wildman–Crippen LogP) is 4.53. The van der Waals surface area contributed by atoms with Crippen LogP contribution >= 0.6 is 23.5 Å². The number of carbonyl (C=O) groups is 1. The Hall–Kier alpha value is -1.92. The van der Waals surface area contributed by atoms with Crippen LogP contribution in [0.5, 0.6) is 0 Å². The molecule has 0 radical (unpaired) electrons. The summed E-state index contributed by atoms with van der Waals surface area (Å²) in [5.74, 6) is 1.48. The normalized spacial score (nSPS) is 13.9. The van der Waals surface area contributed by atoms with Gasteiger partial charge in [-0.15, -0.1) is 11.8 Å². The molecule has 0 bridgehead atoms. The maximum Gasteiger partial charge on any atom is 0.230 e. The van der Waals surface area contributed by atoms with Gasteiger partial charge >= 0.3 is 0 Å². The Bertz CT molecular complexity index is 901. The van der Waals surface area contributed by atoms with Gasteiger partial charge in [-0.25, -0.2) is 4.98 Å². The second-order valence-corrected chi connectivity index (χ2v) is 8.50. The highest BCUT2D eigenvalue weighted by Gasteiger charge is 2.23. The van der Waals surface area contributed by atoms with Gasteiger partial charge < -0.3 is 10.3 Å². The monoisotopic (exact) mass is 383 g/mol. The smallest absolute Gasteiger partial charge is 0.230 e. The Labute approximate surface area is 161 Å². The lowest BCUT2D eigenvalue weighted by molar-refractivity contribution is -0.118. The van der Waals surface area contributed by atoms with E-state index in [-0.39, 0.29) is 5.91 Å². The van der Waals surface area contributed by atoms with Crippen molar-refractivity contribution in [3.05, 3.63) is 53.6 Å². The van der Waals surface area contributed by atoms with E-state index in [1.54, 1.807) is 23.5 Å².